The Balaban J connectivity index is 1.97. The van der Waals surface area contributed by atoms with Gasteiger partial charge < -0.3 is 13.9 Å². The molecule has 0 radical (unpaired) electrons. The van der Waals surface area contributed by atoms with Crippen LogP contribution in [0.3, 0.4) is 0 Å². The lowest BCUT2D eigenvalue weighted by molar-refractivity contribution is 0.0849. The van der Waals surface area contributed by atoms with Crippen LogP contribution in [0.2, 0.25) is 0 Å². The van der Waals surface area contributed by atoms with Crippen LogP contribution in [-0.4, -0.2) is 32.3 Å². The molecule has 7 heteroatoms. The van der Waals surface area contributed by atoms with E-state index in [9.17, 15) is 9.59 Å². The third kappa shape index (κ3) is 4.10. The van der Waals surface area contributed by atoms with Crippen LogP contribution in [0, 0.1) is 0 Å². The molecule has 0 bridgehead atoms. The van der Waals surface area contributed by atoms with Gasteiger partial charge in [-0.25, -0.2) is 10.2 Å². The molecule has 0 spiro atoms. The molecular formula is C15H16N2O5. The summed E-state index contributed by atoms with van der Waals surface area (Å²) in [6, 6.07) is 10.4. The zero-order valence-electron chi connectivity index (χ0n) is 12.0. The van der Waals surface area contributed by atoms with Crippen LogP contribution in [0.15, 0.2) is 47.1 Å². The molecule has 0 fully saturated rings. The minimum Gasteiger partial charge on any atom is -0.464 e. The van der Waals surface area contributed by atoms with Crippen LogP contribution < -0.4 is 10.9 Å². The highest BCUT2D eigenvalue weighted by atomic mass is 16.6. The molecule has 1 aromatic heterocycles. The molecule has 0 saturated carbocycles. The molecule has 0 aliphatic carbocycles. The second-order valence-electron chi connectivity index (χ2n) is 4.23. The lowest BCUT2D eigenvalue weighted by atomic mass is 10.1. The summed E-state index contributed by atoms with van der Waals surface area (Å²) in [7, 11) is 1.49. The number of nitrogens with one attached hydrogen (secondary N) is 2. The number of rotatable bonds is 5. The molecule has 0 atom stereocenters. The number of hydrogen-bond acceptors (Lipinski definition) is 5. The lowest BCUT2D eigenvalue weighted by Gasteiger charge is -2.10. The van der Waals surface area contributed by atoms with Gasteiger partial charge in [0.25, 0.3) is 5.91 Å². The summed E-state index contributed by atoms with van der Waals surface area (Å²) >= 11 is 0. The highest BCUT2D eigenvalue weighted by Gasteiger charge is 2.14. The predicted molar refractivity (Wildman–Crippen MR) is 78.0 cm³/mol. The Bertz CT molecular complexity index is 625. The highest BCUT2D eigenvalue weighted by molar-refractivity contribution is 6.00. The van der Waals surface area contributed by atoms with E-state index >= 15 is 0 Å². The molecule has 7 nitrogen and oxygen atoms in total. The summed E-state index contributed by atoms with van der Waals surface area (Å²) < 4.78 is 14.8. The van der Waals surface area contributed by atoms with Gasteiger partial charge in [-0.2, -0.15) is 0 Å². The molecule has 0 aliphatic heterocycles. The van der Waals surface area contributed by atoms with E-state index in [0.717, 1.165) is 0 Å². The quantitative estimate of drug-likeness (QED) is 0.651. The number of benzene rings is 1. The van der Waals surface area contributed by atoms with E-state index in [4.69, 9.17) is 13.9 Å². The van der Waals surface area contributed by atoms with Crippen molar-refractivity contribution < 1.29 is 23.5 Å². The molecule has 1 aromatic carbocycles. The van der Waals surface area contributed by atoms with Gasteiger partial charge >= 0.3 is 6.09 Å². The van der Waals surface area contributed by atoms with Crippen LogP contribution >= 0.6 is 0 Å². The lowest BCUT2D eigenvalue weighted by Crippen LogP contribution is -2.42. The molecule has 0 unspecified atom stereocenters. The van der Waals surface area contributed by atoms with E-state index in [1.165, 1.54) is 13.4 Å². The maximum absolute atomic E-state index is 12.1. The average Bonchev–Trinajstić information content (AvgIpc) is 3.07. The van der Waals surface area contributed by atoms with E-state index < -0.39 is 12.0 Å². The normalized spacial score (nSPS) is 10.0. The van der Waals surface area contributed by atoms with Crippen LogP contribution in [0.1, 0.15) is 10.4 Å². The minimum atomic E-state index is -0.763. The third-order valence-electron chi connectivity index (χ3n) is 2.76. The number of ether oxygens (including phenoxy) is 2. The van der Waals surface area contributed by atoms with Gasteiger partial charge in [0.15, 0.2) is 0 Å². The Kier molecular flexibility index (Phi) is 5.56. The first-order chi connectivity index (χ1) is 10.7. The Hall–Kier alpha value is -2.80. The third-order valence-corrected chi connectivity index (χ3v) is 2.76. The number of carbonyl (C=O) groups is 2. The number of amides is 2. The van der Waals surface area contributed by atoms with Crippen molar-refractivity contribution in [1.82, 2.24) is 10.9 Å². The van der Waals surface area contributed by atoms with Crippen LogP contribution in [-0.2, 0) is 9.47 Å². The van der Waals surface area contributed by atoms with Crippen molar-refractivity contribution in [2.24, 2.45) is 0 Å². The van der Waals surface area contributed by atoms with Gasteiger partial charge in [-0.1, -0.05) is 18.2 Å². The Labute approximate surface area is 127 Å². The molecule has 2 aromatic rings. The number of hydrazine groups is 1. The largest absolute Gasteiger partial charge is 0.464 e. The second-order valence-corrected chi connectivity index (χ2v) is 4.23. The van der Waals surface area contributed by atoms with Crippen molar-refractivity contribution in [3.05, 3.63) is 48.2 Å². The van der Waals surface area contributed by atoms with E-state index in [1.54, 1.807) is 36.4 Å². The summed E-state index contributed by atoms with van der Waals surface area (Å²) in [4.78, 5) is 23.5. The monoisotopic (exact) mass is 304 g/mol. The standard InChI is InChI=1S/C15H16N2O5/c1-20-9-10-22-15(19)17-16-14(18)12-6-3-2-5-11(12)13-7-4-8-21-13/h2-8H,9-10H2,1H3,(H,16,18)(H,17,19). The molecule has 0 saturated heterocycles. The average molecular weight is 304 g/mol. The zero-order valence-corrected chi connectivity index (χ0v) is 12.0. The molecule has 1 heterocycles. The van der Waals surface area contributed by atoms with Gasteiger partial charge in [0.05, 0.1) is 18.4 Å². The van der Waals surface area contributed by atoms with Crippen molar-refractivity contribution in [2.75, 3.05) is 20.3 Å². The van der Waals surface area contributed by atoms with Gasteiger partial charge in [-0.3, -0.25) is 10.2 Å². The second kappa shape index (κ2) is 7.84. The Morgan fingerprint density at radius 2 is 1.91 bits per heavy atom. The molecule has 2 rings (SSSR count). The molecule has 2 amide bonds. The van der Waals surface area contributed by atoms with Gasteiger partial charge in [0, 0.05) is 12.7 Å². The number of furan rings is 1. The summed E-state index contributed by atoms with van der Waals surface area (Å²) in [6.45, 7) is 0.379. The topological polar surface area (TPSA) is 89.8 Å². The zero-order chi connectivity index (χ0) is 15.8. The first kappa shape index (κ1) is 15.6. The van der Waals surface area contributed by atoms with Crippen molar-refractivity contribution in [3.8, 4) is 11.3 Å². The maximum atomic E-state index is 12.1. The van der Waals surface area contributed by atoms with Crippen molar-refractivity contribution in [2.45, 2.75) is 0 Å². The van der Waals surface area contributed by atoms with E-state index in [1.807, 2.05) is 0 Å². The van der Waals surface area contributed by atoms with Crippen molar-refractivity contribution in [3.63, 3.8) is 0 Å². The Morgan fingerprint density at radius 3 is 2.64 bits per heavy atom. The van der Waals surface area contributed by atoms with Gasteiger partial charge in [-0.15, -0.1) is 0 Å². The number of hydrogen-bond donors (Lipinski definition) is 2. The fraction of sp³-hybridized carbons (Fsp3) is 0.200. The summed E-state index contributed by atoms with van der Waals surface area (Å²) in [5.74, 6) is 0.0871. The van der Waals surface area contributed by atoms with Crippen LogP contribution in [0.5, 0.6) is 0 Å². The summed E-state index contributed by atoms with van der Waals surface area (Å²) in [5.41, 5.74) is 5.44. The predicted octanol–water partition coefficient (Wildman–Crippen LogP) is 1.96. The fourth-order valence-electron chi connectivity index (χ4n) is 1.76. The molecular weight excluding hydrogens is 288 g/mol. The summed E-state index contributed by atoms with van der Waals surface area (Å²) in [5, 5.41) is 0. The van der Waals surface area contributed by atoms with Crippen molar-refractivity contribution >= 4 is 12.0 Å². The SMILES string of the molecule is COCCOC(=O)NNC(=O)c1ccccc1-c1ccco1. The smallest absolute Gasteiger partial charge is 0.426 e. The van der Waals surface area contributed by atoms with Crippen LogP contribution in [0.4, 0.5) is 4.79 Å². The van der Waals surface area contributed by atoms with Gasteiger partial charge in [0.1, 0.15) is 12.4 Å². The van der Waals surface area contributed by atoms with Gasteiger partial charge in [0.2, 0.25) is 0 Å². The molecule has 116 valence electrons. The van der Waals surface area contributed by atoms with Gasteiger partial charge in [-0.05, 0) is 18.2 Å². The molecule has 2 N–H and O–H groups in total. The fourth-order valence-corrected chi connectivity index (χ4v) is 1.76. The first-order valence-electron chi connectivity index (χ1n) is 6.57. The summed E-state index contributed by atoms with van der Waals surface area (Å²) in [6.07, 6.45) is 0.760. The first-order valence-corrected chi connectivity index (χ1v) is 6.57. The number of methoxy groups -OCH3 is 1. The minimum absolute atomic E-state index is 0.0984. The number of carbonyl (C=O) groups excluding carboxylic acids is 2. The maximum Gasteiger partial charge on any atom is 0.426 e. The van der Waals surface area contributed by atoms with E-state index in [-0.39, 0.29) is 13.2 Å². The van der Waals surface area contributed by atoms with E-state index in [0.29, 0.717) is 16.9 Å². The van der Waals surface area contributed by atoms with E-state index in [2.05, 4.69) is 10.9 Å². The highest BCUT2D eigenvalue weighted by Crippen LogP contribution is 2.23. The molecule has 22 heavy (non-hydrogen) atoms. The Morgan fingerprint density at radius 1 is 1.09 bits per heavy atom. The van der Waals surface area contributed by atoms with Crippen molar-refractivity contribution in [1.29, 1.82) is 0 Å². The molecule has 0 aliphatic rings. The van der Waals surface area contributed by atoms with Crippen LogP contribution in [0.25, 0.3) is 11.3 Å².